The van der Waals surface area contributed by atoms with Crippen molar-refractivity contribution in [1.29, 1.82) is 0 Å². The van der Waals surface area contributed by atoms with Gasteiger partial charge < -0.3 is 0 Å². The predicted octanol–water partition coefficient (Wildman–Crippen LogP) is 2.40. The first kappa shape index (κ1) is 12.9. The van der Waals surface area contributed by atoms with Gasteiger partial charge in [-0.1, -0.05) is 15.9 Å². The van der Waals surface area contributed by atoms with Crippen molar-refractivity contribution < 1.29 is 17.2 Å². The highest BCUT2D eigenvalue weighted by atomic mass is 79.9. The Labute approximate surface area is 107 Å². The number of hydrogen-bond acceptors (Lipinski definition) is 2. The molecule has 1 heterocycles. The van der Waals surface area contributed by atoms with Gasteiger partial charge in [-0.2, -0.15) is 4.31 Å². The molecule has 0 radical (unpaired) electrons. The highest BCUT2D eigenvalue weighted by molar-refractivity contribution is 9.10. The lowest BCUT2D eigenvalue weighted by Gasteiger charge is -2.37. The van der Waals surface area contributed by atoms with E-state index in [1.54, 1.807) is 13.0 Å². The third kappa shape index (κ3) is 2.51. The smallest absolute Gasteiger partial charge is 0.207 e. The van der Waals surface area contributed by atoms with Gasteiger partial charge >= 0.3 is 0 Å². The van der Waals surface area contributed by atoms with Crippen LogP contribution in [-0.2, 0) is 10.0 Å². The van der Waals surface area contributed by atoms with Gasteiger partial charge in [0.2, 0.25) is 10.0 Å². The van der Waals surface area contributed by atoms with Crippen LogP contribution >= 0.6 is 15.9 Å². The van der Waals surface area contributed by atoms with E-state index in [1.807, 2.05) is 0 Å². The highest BCUT2D eigenvalue weighted by Gasteiger charge is 2.49. The number of benzene rings is 1. The molecule has 1 saturated heterocycles. The number of hydrogen-bond donors (Lipinski definition) is 0. The van der Waals surface area contributed by atoms with Gasteiger partial charge in [0, 0.05) is 4.47 Å². The summed E-state index contributed by atoms with van der Waals surface area (Å²) in [6.45, 7) is 0.274. The molecule has 0 bridgehead atoms. The van der Waals surface area contributed by atoms with Crippen LogP contribution in [0.4, 0.5) is 8.78 Å². The zero-order chi connectivity index (χ0) is 12.8. The van der Waals surface area contributed by atoms with Crippen LogP contribution < -0.4 is 0 Å². The number of aryl methyl sites for hydroxylation is 1. The molecule has 0 aromatic heterocycles. The first-order chi connectivity index (χ1) is 7.71. The molecular formula is C10H10BrF2NO2S. The molecule has 3 nitrogen and oxygen atoms in total. The van der Waals surface area contributed by atoms with Gasteiger partial charge in [0.15, 0.2) is 0 Å². The standard InChI is InChI=1S/C10H10BrF2NO2S/c1-7-2-8(11)4-9(3-7)17(15,16)14-5-10(12,13)6-14/h2-4H,5-6H2,1H3. The SMILES string of the molecule is Cc1cc(Br)cc(S(=O)(=O)N2CC(F)(F)C2)c1. The van der Waals surface area contributed by atoms with Crippen molar-refractivity contribution in [1.82, 2.24) is 4.31 Å². The summed E-state index contributed by atoms with van der Waals surface area (Å²) in [6.07, 6.45) is 0. The predicted molar refractivity (Wildman–Crippen MR) is 62.6 cm³/mol. The molecule has 94 valence electrons. The maximum Gasteiger partial charge on any atom is 0.275 e. The van der Waals surface area contributed by atoms with Crippen LogP contribution in [0.15, 0.2) is 27.6 Å². The summed E-state index contributed by atoms with van der Waals surface area (Å²) < 4.78 is 50.7. The van der Waals surface area contributed by atoms with E-state index in [4.69, 9.17) is 0 Å². The van der Waals surface area contributed by atoms with E-state index in [9.17, 15) is 17.2 Å². The minimum Gasteiger partial charge on any atom is -0.207 e. The summed E-state index contributed by atoms with van der Waals surface area (Å²) in [6, 6.07) is 4.64. The lowest BCUT2D eigenvalue weighted by Crippen LogP contribution is -2.58. The molecule has 0 spiro atoms. The lowest BCUT2D eigenvalue weighted by atomic mass is 10.2. The highest BCUT2D eigenvalue weighted by Crippen LogP contribution is 2.32. The molecule has 0 aliphatic carbocycles. The molecular weight excluding hydrogens is 316 g/mol. The second kappa shape index (κ2) is 4.00. The van der Waals surface area contributed by atoms with E-state index in [-0.39, 0.29) is 4.90 Å². The zero-order valence-corrected chi connectivity index (χ0v) is 11.4. The average molecular weight is 326 g/mol. The van der Waals surface area contributed by atoms with Gasteiger partial charge in [0.25, 0.3) is 5.92 Å². The molecule has 1 aliphatic rings. The van der Waals surface area contributed by atoms with Crippen LogP contribution in [0, 0.1) is 6.92 Å². The van der Waals surface area contributed by atoms with Gasteiger partial charge in [0.05, 0.1) is 18.0 Å². The molecule has 0 amide bonds. The fraction of sp³-hybridized carbons (Fsp3) is 0.400. The van der Waals surface area contributed by atoms with Crippen LogP contribution in [0.2, 0.25) is 0 Å². The summed E-state index contributed by atoms with van der Waals surface area (Å²) in [5, 5.41) is 0. The minimum atomic E-state index is -3.79. The molecule has 1 aliphatic heterocycles. The Morgan fingerprint density at radius 1 is 1.29 bits per heavy atom. The topological polar surface area (TPSA) is 37.4 Å². The number of rotatable bonds is 2. The van der Waals surface area contributed by atoms with Gasteiger partial charge in [-0.05, 0) is 30.7 Å². The van der Waals surface area contributed by atoms with Crippen molar-refractivity contribution in [2.45, 2.75) is 17.7 Å². The monoisotopic (exact) mass is 325 g/mol. The summed E-state index contributed by atoms with van der Waals surface area (Å²) in [5.41, 5.74) is 0.755. The van der Waals surface area contributed by atoms with Gasteiger partial charge in [0.1, 0.15) is 0 Å². The van der Waals surface area contributed by atoms with Crippen molar-refractivity contribution >= 4 is 26.0 Å². The van der Waals surface area contributed by atoms with E-state index < -0.39 is 29.0 Å². The molecule has 17 heavy (non-hydrogen) atoms. The average Bonchev–Trinajstić information content (AvgIpc) is 2.12. The Morgan fingerprint density at radius 3 is 2.35 bits per heavy atom. The minimum absolute atomic E-state index is 0.0416. The number of alkyl halides is 2. The number of sulfonamides is 1. The van der Waals surface area contributed by atoms with Gasteiger partial charge in [-0.3, -0.25) is 0 Å². The molecule has 7 heteroatoms. The van der Waals surface area contributed by atoms with E-state index in [0.29, 0.717) is 4.47 Å². The summed E-state index contributed by atoms with van der Waals surface area (Å²) >= 11 is 3.19. The van der Waals surface area contributed by atoms with Crippen LogP contribution in [0.3, 0.4) is 0 Å². The quantitative estimate of drug-likeness (QED) is 0.837. The van der Waals surface area contributed by atoms with Gasteiger partial charge in [-0.15, -0.1) is 0 Å². The Kier molecular flexibility index (Phi) is 3.04. The molecule has 0 unspecified atom stereocenters. The van der Waals surface area contributed by atoms with Crippen molar-refractivity contribution in [2.75, 3.05) is 13.1 Å². The van der Waals surface area contributed by atoms with E-state index >= 15 is 0 Å². The molecule has 0 N–H and O–H groups in total. The zero-order valence-electron chi connectivity index (χ0n) is 8.95. The molecule has 1 fully saturated rings. The number of nitrogens with zero attached hydrogens (tertiary/aromatic N) is 1. The van der Waals surface area contributed by atoms with Crippen molar-refractivity contribution in [3.63, 3.8) is 0 Å². The third-order valence-corrected chi connectivity index (χ3v) is 4.70. The van der Waals surface area contributed by atoms with E-state index in [2.05, 4.69) is 15.9 Å². The summed E-state index contributed by atoms with van der Waals surface area (Å²) in [4.78, 5) is 0.0416. The Morgan fingerprint density at radius 2 is 1.88 bits per heavy atom. The second-order valence-electron chi connectivity index (χ2n) is 4.09. The Balaban J connectivity index is 2.33. The maximum atomic E-state index is 12.7. The van der Waals surface area contributed by atoms with Crippen LogP contribution in [0.5, 0.6) is 0 Å². The second-order valence-corrected chi connectivity index (χ2v) is 6.95. The Bertz CT molecular complexity index is 531. The third-order valence-electron chi connectivity index (χ3n) is 2.47. The van der Waals surface area contributed by atoms with E-state index in [1.165, 1.54) is 12.1 Å². The van der Waals surface area contributed by atoms with Crippen molar-refractivity contribution in [2.24, 2.45) is 0 Å². The van der Waals surface area contributed by atoms with Crippen LogP contribution in [-0.4, -0.2) is 31.7 Å². The fourth-order valence-corrected chi connectivity index (χ4v) is 4.03. The number of halogens is 3. The molecule has 0 atom stereocenters. The first-order valence-corrected chi connectivity index (χ1v) is 7.09. The summed E-state index contributed by atoms with van der Waals surface area (Å²) in [7, 11) is -3.79. The van der Waals surface area contributed by atoms with Crippen molar-refractivity contribution in [3.05, 3.63) is 28.2 Å². The molecule has 2 rings (SSSR count). The van der Waals surface area contributed by atoms with Crippen LogP contribution in [0.25, 0.3) is 0 Å². The van der Waals surface area contributed by atoms with Crippen molar-refractivity contribution in [3.8, 4) is 0 Å². The molecule has 1 aromatic carbocycles. The lowest BCUT2D eigenvalue weighted by molar-refractivity contribution is -0.0945. The van der Waals surface area contributed by atoms with Crippen LogP contribution in [0.1, 0.15) is 5.56 Å². The normalized spacial score (nSPS) is 20.0. The Hall–Kier alpha value is -0.530. The summed E-state index contributed by atoms with van der Waals surface area (Å²) in [5.74, 6) is -2.89. The van der Waals surface area contributed by atoms with Gasteiger partial charge in [-0.25, -0.2) is 17.2 Å². The fourth-order valence-electron chi connectivity index (χ4n) is 1.64. The van der Waals surface area contributed by atoms with E-state index in [0.717, 1.165) is 9.87 Å². The largest absolute Gasteiger partial charge is 0.275 e. The maximum absolute atomic E-state index is 12.7. The molecule has 0 saturated carbocycles. The molecule has 1 aromatic rings. The first-order valence-electron chi connectivity index (χ1n) is 4.86.